The number of pyridine rings is 1. The molecular weight excluding hydrogens is 396 g/mol. The Morgan fingerprint density at radius 3 is 1.94 bits per heavy atom. The highest BCUT2D eigenvalue weighted by Gasteiger charge is 2.32. The first-order chi connectivity index (χ1) is 15.7. The fourth-order valence-electron chi connectivity index (χ4n) is 5.64. The van der Waals surface area contributed by atoms with Crippen molar-refractivity contribution in [3.05, 3.63) is 70.5 Å². The number of fused-ring (bicyclic) bond motifs is 1. The third kappa shape index (κ3) is 4.36. The van der Waals surface area contributed by atoms with Gasteiger partial charge in [0.1, 0.15) is 0 Å². The number of carbonyl (C=O) groups excluding carboxylic acids is 1. The number of nitrogens with zero attached hydrogens (tertiary/aromatic N) is 1. The highest BCUT2D eigenvalue weighted by atomic mass is 16.2. The molecule has 1 heterocycles. The van der Waals surface area contributed by atoms with Crippen molar-refractivity contribution in [3.63, 3.8) is 0 Å². The molecule has 2 aromatic carbocycles. The first-order valence-corrected chi connectivity index (χ1v) is 12.3. The van der Waals surface area contributed by atoms with Gasteiger partial charge in [-0.3, -0.25) is 9.59 Å². The average Bonchev–Trinajstić information content (AvgIpc) is 2.85. The molecule has 1 N–H and O–H groups in total. The third-order valence-electron chi connectivity index (χ3n) is 7.36. The quantitative estimate of drug-likeness (QED) is 0.530. The molecule has 0 atom stereocenters. The molecule has 1 amide bonds. The van der Waals surface area contributed by atoms with Gasteiger partial charge in [-0.2, -0.15) is 0 Å². The summed E-state index contributed by atoms with van der Waals surface area (Å²) in [4.78, 5) is 30.4. The van der Waals surface area contributed by atoms with Crippen LogP contribution < -0.4 is 5.56 Å². The van der Waals surface area contributed by atoms with Crippen LogP contribution in [0.4, 0.5) is 0 Å². The summed E-state index contributed by atoms with van der Waals surface area (Å²) in [6.07, 6.45) is 12.2. The number of carbonyl (C=O) groups is 1. The van der Waals surface area contributed by atoms with Crippen molar-refractivity contribution in [1.82, 2.24) is 9.88 Å². The Labute approximate surface area is 189 Å². The average molecular weight is 429 g/mol. The lowest BCUT2D eigenvalue weighted by Crippen LogP contribution is -2.48. The lowest BCUT2D eigenvalue weighted by molar-refractivity contribution is 0.0448. The highest BCUT2D eigenvalue weighted by molar-refractivity contribution is 5.95. The summed E-state index contributed by atoms with van der Waals surface area (Å²) in [7, 11) is 0. The van der Waals surface area contributed by atoms with E-state index in [1.807, 2.05) is 30.3 Å². The van der Waals surface area contributed by atoms with Crippen LogP contribution in [-0.4, -0.2) is 27.9 Å². The minimum atomic E-state index is -0.0893. The molecule has 3 aromatic rings. The van der Waals surface area contributed by atoms with E-state index < -0.39 is 0 Å². The number of H-pyrrole nitrogens is 1. The summed E-state index contributed by atoms with van der Waals surface area (Å²) in [5, 5.41) is 1.00. The topological polar surface area (TPSA) is 53.2 Å². The highest BCUT2D eigenvalue weighted by Crippen LogP contribution is 2.32. The fourth-order valence-corrected chi connectivity index (χ4v) is 5.64. The summed E-state index contributed by atoms with van der Waals surface area (Å²) in [5.74, 6) is 0.214. The maximum Gasteiger partial charge on any atom is 0.254 e. The number of aromatic amines is 1. The van der Waals surface area contributed by atoms with Gasteiger partial charge in [0.25, 0.3) is 5.91 Å². The summed E-state index contributed by atoms with van der Waals surface area (Å²) in [6.45, 7) is 0. The van der Waals surface area contributed by atoms with Crippen molar-refractivity contribution in [2.75, 3.05) is 0 Å². The predicted molar refractivity (Wildman–Crippen MR) is 130 cm³/mol. The monoisotopic (exact) mass is 428 g/mol. The third-order valence-corrected chi connectivity index (χ3v) is 7.36. The molecular formula is C28H32N2O2. The smallest absolute Gasteiger partial charge is 0.254 e. The van der Waals surface area contributed by atoms with Gasteiger partial charge in [0, 0.05) is 29.2 Å². The van der Waals surface area contributed by atoms with Crippen LogP contribution in [0.15, 0.2) is 59.4 Å². The zero-order valence-corrected chi connectivity index (χ0v) is 18.7. The van der Waals surface area contributed by atoms with Crippen LogP contribution in [0.2, 0.25) is 0 Å². The van der Waals surface area contributed by atoms with E-state index in [9.17, 15) is 9.59 Å². The molecule has 0 spiro atoms. The maximum absolute atomic E-state index is 13.7. The van der Waals surface area contributed by atoms with Gasteiger partial charge in [-0.05, 0) is 72.5 Å². The van der Waals surface area contributed by atoms with Gasteiger partial charge in [0.15, 0.2) is 0 Å². The van der Waals surface area contributed by atoms with Gasteiger partial charge in [-0.15, -0.1) is 0 Å². The van der Waals surface area contributed by atoms with E-state index in [0.29, 0.717) is 12.1 Å². The molecule has 2 aliphatic rings. The van der Waals surface area contributed by atoms with Crippen LogP contribution in [0.5, 0.6) is 0 Å². The summed E-state index contributed by atoms with van der Waals surface area (Å²) in [6, 6.07) is 18.4. The van der Waals surface area contributed by atoms with E-state index in [0.717, 1.165) is 53.3 Å². The Kier molecular flexibility index (Phi) is 6.11. The summed E-state index contributed by atoms with van der Waals surface area (Å²) < 4.78 is 0. The Hall–Kier alpha value is -2.88. The molecule has 166 valence electrons. The van der Waals surface area contributed by atoms with E-state index in [2.05, 4.69) is 28.1 Å². The van der Waals surface area contributed by atoms with Crippen LogP contribution in [0.25, 0.3) is 22.0 Å². The lowest BCUT2D eigenvalue weighted by Gasteiger charge is -2.42. The molecule has 0 radical (unpaired) electrons. The van der Waals surface area contributed by atoms with Crippen LogP contribution >= 0.6 is 0 Å². The molecule has 2 fully saturated rings. The van der Waals surface area contributed by atoms with Crippen molar-refractivity contribution < 1.29 is 4.79 Å². The number of hydrogen-bond donors (Lipinski definition) is 1. The van der Waals surface area contributed by atoms with Crippen LogP contribution in [0.1, 0.15) is 74.6 Å². The second kappa shape index (κ2) is 9.32. The molecule has 2 aliphatic carbocycles. The number of rotatable bonds is 4. The van der Waals surface area contributed by atoms with Crippen molar-refractivity contribution in [1.29, 1.82) is 0 Å². The van der Waals surface area contributed by atoms with E-state index in [-0.39, 0.29) is 11.5 Å². The number of aromatic nitrogens is 1. The zero-order valence-electron chi connectivity index (χ0n) is 18.7. The number of nitrogens with one attached hydrogen (secondary N) is 1. The molecule has 0 bridgehead atoms. The first kappa shape index (κ1) is 21.0. The van der Waals surface area contributed by atoms with Crippen LogP contribution in [0, 0.1) is 0 Å². The normalized spacial score (nSPS) is 18.0. The van der Waals surface area contributed by atoms with Gasteiger partial charge >= 0.3 is 0 Å². The first-order valence-electron chi connectivity index (χ1n) is 12.3. The Morgan fingerprint density at radius 1 is 0.719 bits per heavy atom. The predicted octanol–water partition coefficient (Wildman–Crippen LogP) is 6.30. The minimum absolute atomic E-state index is 0.0893. The molecule has 5 rings (SSSR count). The van der Waals surface area contributed by atoms with Gasteiger partial charge in [0.2, 0.25) is 5.56 Å². The van der Waals surface area contributed by atoms with E-state index >= 15 is 0 Å². The molecule has 1 aromatic heterocycles. The number of hydrogen-bond acceptors (Lipinski definition) is 2. The molecule has 0 unspecified atom stereocenters. The number of amides is 1. The molecule has 32 heavy (non-hydrogen) atoms. The van der Waals surface area contributed by atoms with Gasteiger partial charge < -0.3 is 9.88 Å². The van der Waals surface area contributed by atoms with Crippen molar-refractivity contribution in [2.24, 2.45) is 0 Å². The molecule has 0 saturated heterocycles. The molecule has 4 nitrogen and oxygen atoms in total. The SMILES string of the molecule is O=C(c1ccc(-c2ccc3[nH]c(=O)ccc3c2)cc1)N(C1CCCCC1)C1CCCCC1. The summed E-state index contributed by atoms with van der Waals surface area (Å²) >= 11 is 0. The lowest BCUT2D eigenvalue weighted by atomic mass is 9.88. The molecule has 4 heteroatoms. The molecule has 2 saturated carbocycles. The fraction of sp³-hybridized carbons (Fsp3) is 0.429. The van der Waals surface area contributed by atoms with E-state index in [1.54, 1.807) is 6.07 Å². The van der Waals surface area contributed by atoms with Gasteiger partial charge in [-0.25, -0.2) is 0 Å². The van der Waals surface area contributed by atoms with Gasteiger partial charge in [0.05, 0.1) is 0 Å². The second-order valence-corrected chi connectivity index (χ2v) is 9.50. The minimum Gasteiger partial charge on any atom is -0.333 e. The largest absolute Gasteiger partial charge is 0.333 e. The summed E-state index contributed by atoms with van der Waals surface area (Å²) in [5.41, 5.74) is 3.71. The van der Waals surface area contributed by atoms with Crippen LogP contribution in [0.3, 0.4) is 0 Å². The second-order valence-electron chi connectivity index (χ2n) is 9.50. The Morgan fingerprint density at radius 2 is 1.31 bits per heavy atom. The standard InChI is InChI=1S/C28H32N2O2/c31-27-18-16-23-19-22(15-17-26(23)29-27)20-11-13-21(14-12-20)28(32)30(24-7-3-1-4-8-24)25-9-5-2-6-10-25/h11-19,24-25H,1-10H2,(H,29,31). The van der Waals surface area contributed by atoms with Crippen molar-refractivity contribution >= 4 is 16.8 Å². The van der Waals surface area contributed by atoms with Crippen molar-refractivity contribution in [2.45, 2.75) is 76.3 Å². The van der Waals surface area contributed by atoms with Crippen LogP contribution in [-0.2, 0) is 0 Å². The molecule has 0 aliphatic heterocycles. The Bertz CT molecular complexity index is 1120. The Balaban J connectivity index is 1.40. The van der Waals surface area contributed by atoms with Crippen molar-refractivity contribution in [3.8, 4) is 11.1 Å². The van der Waals surface area contributed by atoms with Gasteiger partial charge in [-0.1, -0.05) is 56.7 Å². The van der Waals surface area contributed by atoms with E-state index in [1.165, 1.54) is 38.5 Å². The number of benzene rings is 2. The maximum atomic E-state index is 13.7. The van der Waals surface area contributed by atoms with E-state index in [4.69, 9.17) is 0 Å². The zero-order chi connectivity index (χ0) is 21.9.